The lowest BCUT2D eigenvalue weighted by atomic mass is 10.5. The molecular formula is C7H18NO3Si. The van der Waals surface area contributed by atoms with E-state index >= 15 is 0 Å². The van der Waals surface area contributed by atoms with Gasteiger partial charge in [0, 0.05) is 27.4 Å². The Labute approximate surface area is 75.6 Å². The Morgan fingerprint density at radius 1 is 1.17 bits per heavy atom. The summed E-state index contributed by atoms with van der Waals surface area (Å²) in [5.41, 5.74) is 0. The van der Waals surface area contributed by atoms with Gasteiger partial charge in [-0.25, -0.2) is 0 Å². The topological polar surface area (TPSA) is 39.7 Å². The molecule has 0 unspecified atom stereocenters. The molecule has 0 spiro atoms. The minimum absolute atomic E-state index is 0.733. The lowest BCUT2D eigenvalue weighted by molar-refractivity contribution is 0.126. The van der Waals surface area contributed by atoms with Crippen LogP contribution in [-0.2, 0) is 13.3 Å². The third-order valence-corrected chi connectivity index (χ3v) is 4.33. The van der Waals surface area contributed by atoms with Gasteiger partial charge in [0.1, 0.15) is 0 Å². The van der Waals surface area contributed by atoms with Crippen LogP contribution in [0, 0.1) is 6.42 Å². The molecule has 4 nitrogen and oxygen atoms in total. The molecule has 0 aliphatic heterocycles. The largest absolute Gasteiger partial charge is 0.500 e. The van der Waals surface area contributed by atoms with E-state index in [1.807, 2.05) is 7.05 Å². The molecule has 5 heteroatoms. The zero-order chi connectivity index (χ0) is 9.45. The molecule has 0 bridgehead atoms. The van der Waals surface area contributed by atoms with Gasteiger partial charge in [0.25, 0.3) is 0 Å². The fraction of sp³-hybridized carbons (Fsp3) is 0.857. The minimum atomic E-state index is -2.35. The van der Waals surface area contributed by atoms with Crippen molar-refractivity contribution in [3.63, 3.8) is 0 Å². The summed E-state index contributed by atoms with van der Waals surface area (Å²) in [7, 11) is 4.40. The molecule has 12 heavy (non-hydrogen) atoms. The molecule has 73 valence electrons. The van der Waals surface area contributed by atoms with Crippen LogP contribution in [0.25, 0.3) is 0 Å². The van der Waals surface area contributed by atoms with Gasteiger partial charge in [0.05, 0.1) is 0 Å². The summed E-state index contributed by atoms with van der Waals surface area (Å²) in [6.45, 7) is 0.838. The highest BCUT2D eigenvalue weighted by atomic mass is 28.4. The summed E-state index contributed by atoms with van der Waals surface area (Å²) >= 11 is 0. The van der Waals surface area contributed by atoms with E-state index in [1.54, 1.807) is 21.3 Å². The summed E-state index contributed by atoms with van der Waals surface area (Å²) in [4.78, 5) is 0. The molecule has 0 aliphatic carbocycles. The van der Waals surface area contributed by atoms with Gasteiger partial charge in [0.2, 0.25) is 0 Å². The predicted molar refractivity (Wildman–Crippen MR) is 49.8 cm³/mol. The van der Waals surface area contributed by atoms with E-state index < -0.39 is 8.80 Å². The first-order valence-electron chi connectivity index (χ1n) is 3.86. The Hall–Kier alpha value is 0.0569. The number of hydrogen-bond donors (Lipinski definition) is 1. The van der Waals surface area contributed by atoms with Gasteiger partial charge in [-0.05, 0) is 20.0 Å². The molecule has 0 aromatic rings. The van der Waals surface area contributed by atoms with E-state index in [1.165, 1.54) is 0 Å². The van der Waals surface area contributed by atoms with Crippen LogP contribution in [0.2, 0.25) is 6.04 Å². The molecule has 0 rings (SSSR count). The summed E-state index contributed by atoms with van der Waals surface area (Å²) in [6, 6.07) is 0.733. The normalized spacial score (nSPS) is 12.0. The first kappa shape index (κ1) is 12.1. The van der Waals surface area contributed by atoms with Crippen LogP contribution in [0.4, 0.5) is 0 Å². The summed E-state index contributed by atoms with van der Waals surface area (Å²) in [5, 5.41) is 3.01. The number of hydrogen-bond acceptors (Lipinski definition) is 4. The molecule has 0 atom stereocenters. The van der Waals surface area contributed by atoms with Gasteiger partial charge in [-0.15, -0.1) is 0 Å². The number of rotatable bonds is 7. The van der Waals surface area contributed by atoms with Crippen LogP contribution >= 0.6 is 0 Å². The smallest absolute Gasteiger partial charge is 0.377 e. The average Bonchev–Trinajstić information content (AvgIpc) is 2.14. The maximum atomic E-state index is 5.22. The Balaban J connectivity index is 3.76. The van der Waals surface area contributed by atoms with Crippen molar-refractivity contribution in [3.05, 3.63) is 6.42 Å². The Morgan fingerprint density at radius 2 is 1.67 bits per heavy atom. The zero-order valence-electron chi connectivity index (χ0n) is 8.22. The van der Waals surface area contributed by atoms with E-state index in [-0.39, 0.29) is 0 Å². The third-order valence-electron chi connectivity index (χ3n) is 1.68. The molecular weight excluding hydrogens is 174 g/mol. The first-order valence-corrected chi connectivity index (χ1v) is 5.79. The van der Waals surface area contributed by atoms with Crippen LogP contribution < -0.4 is 5.32 Å². The Morgan fingerprint density at radius 3 is 2.00 bits per heavy atom. The second kappa shape index (κ2) is 6.56. The third kappa shape index (κ3) is 3.64. The van der Waals surface area contributed by atoms with Crippen LogP contribution in [-0.4, -0.2) is 43.7 Å². The second-order valence-electron chi connectivity index (χ2n) is 2.35. The quantitative estimate of drug-likeness (QED) is 0.465. The van der Waals surface area contributed by atoms with Crippen molar-refractivity contribution in [1.29, 1.82) is 0 Å². The van der Waals surface area contributed by atoms with Gasteiger partial charge in [-0.1, -0.05) is 0 Å². The number of nitrogens with one attached hydrogen (secondary N) is 1. The van der Waals surface area contributed by atoms with Gasteiger partial charge in [0.15, 0.2) is 0 Å². The fourth-order valence-electron chi connectivity index (χ4n) is 0.893. The van der Waals surface area contributed by atoms with Crippen LogP contribution in [0.5, 0.6) is 0 Å². The van der Waals surface area contributed by atoms with Crippen LogP contribution in [0.3, 0.4) is 0 Å². The molecule has 0 aliphatic rings. The van der Waals surface area contributed by atoms with Crippen LogP contribution in [0.15, 0.2) is 0 Å². The summed E-state index contributed by atoms with van der Waals surface area (Å²) in [5.74, 6) is 0. The molecule has 0 saturated heterocycles. The average molecular weight is 192 g/mol. The SMILES string of the molecule is CNC[CH]C[Si](OC)(OC)OC. The first-order chi connectivity index (χ1) is 5.74. The molecule has 0 fully saturated rings. The van der Waals surface area contributed by atoms with E-state index in [2.05, 4.69) is 11.7 Å². The fourth-order valence-corrected chi connectivity index (χ4v) is 2.39. The molecule has 0 aromatic carbocycles. The van der Waals surface area contributed by atoms with Gasteiger partial charge in [-0.3, -0.25) is 0 Å². The zero-order valence-corrected chi connectivity index (χ0v) is 9.22. The summed E-state index contributed by atoms with van der Waals surface area (Å²) in [6.07, 6.45) is 2.06. The highest BCUT2D eigenvalue weighted by Crippen LogP contribution is 2.13. The van der Waals surface area contributed by atoms with Crippen molar-refractivity contribution < 1.29 is 13.3 Å². The predicted octanol–water partition coefficient (Wildman–Crippen LogP) is 0.288. The highest BCUT2D eigenvalue weighted by Gasteiger charge is 2.36. The highest BCUT2D eigenvalue weighted by molar-refractivity contribution is 6.60. The van der Waals surface area contributed by atoms with E-state index in [0.29, 0.717) is 0 Å². The standard InChI is InChI=1S/C7H18NO3Si/c1-8-6-5-7-12(9-2,10-3)11-4/h5,8H,6-7H2,1-4H3. The summed E-state index contributed by atoms with van der Waals surface area (Å²) < 4.78 is 15.7. The van der Waals surface area contributed by atoms with Crippen molar-refractivity contribution >= 4 is 8.80 Å². The molecule has 1 radical (unpaired) electrons. The Kier molecular flexibility index (Phi) is 6.59. The van der Waals surface area contributed by atoms with Crippen molar-refractivity contribution in [2.75, 3.05) is 34.9 Å². The molecule has 0 heterocycles. The van der Waals surface area contributed by atoms with Crippen molar-refractivity contribution in [2.24, 2.45) is 0 Å². The minimum Gasteiger partial charge on any atom is -0.377 e. The lowest BCUT2D eigenvalue weighted by Gasteiger charge is -2.23. The monoisotopic (exact) mass is 192 g/mol. The van der Waals surface area contributed by atoms with Crippen molar-refractivity contribution in [1.82, 2.24) is 5.32 Å². The molecule has 0 aromatic heterocycles. The van der Waals surface area contributed by atoms with Gasteiger partial charge in [-0.2, -0.15) is 0 Å². The molecule has 1 N–H and O–H groups in total. The van der Waals surface area contributed by atoms with Crippen LogP contribution in [0.1, 0.15) is 0 Å². The maximum absolute atomic E-state index is 5.22. The Bertz CT molecular complexity index is 101. The maximum Gasteiger partial charge on any atom is 0.500 e. The molecule has 0 saturated carbocycles. The molecule has 0 amide bonds. The van der Waals surface area contributed by atoms with E-state index in [4.69, 9.17) is 13.3 Å². The van der Waals surface area contributed by atoms with E-state index in [0.717, 1.165) is 12.6 Å². The second-order valence-corrected chi connectivity index (χ2v) is 5.34. The van der Waals surface area contributed by atoms with Crippen molar-refractivity contribution in [3.8, 4) is 0 Å². The van der Waals surface area contributed by atoms with Gasteiger partial charge >= 0.3 is 8.80 Å². The van der Waals surface area contributed by atoms with Crippen molar-refractivity contribution in [2.45, 2.75) is 6.04 Å². The van der Waals surface area contributed by atoms with E-state index in [9.17, 15) is 0 Å². The van der Waals surface area contributed by atoms with Gasteiger partial charge < -0.3 is 18.6 Å². The lowest BCUT2D eigenvalue weighted by Crippen LogP contribution is -2.43.